The summed E-state index contributed by atoms with van der Waals surface area (Å²) < 4.78 is 0. The van der Waals surface area contributed by atoms with Gasteiger partial charge in [-0.15, -0.1) is 0 Å². The molecular formula is C13H17. The lowest BCUT2D eigenvalue weighted by atomic mass is 10.2. The van der Waals surface area contributed by atoms with E-state index in [4.69, 9.17) is 0 Å². The Labute approximate surface area is 81.4 Å². The summed E-state index contributed by atoms with van der Waals surface area (Å²) in [7, 11) is 0. The molecule has 0 fully saturated rings. The third kappa shape index (κ3) is 6.15. The van der Waals surface area contributed by atoms with Gasteiger partial charge in [0.15, 0.2) is 0 Å². The monoisotopic (exact) mass is 173 g/mol. The van der Waals surface area contributed by atoms with Gasteiger partial charge in [0.1, 0.15) is 0 Å². The van der Waals surface area contributed by atoms with Gasteiger partial charge in [-0.3, -0.25) is 0 Å². The van der Waals surface area contributed by atoms with Crippen molar-refractivity contribution in [2.45, 2.75) is 32.1 Å². The summed E-state index contributed by atoms with van der Waals surface area (Å²) in [5, 5.41) is 0. The van der Waals surface area contributed by atoms with E-state index in [9.17, 15) is 0 Å². The van der Waals surface area contributed by atoms with Crippen molar-refractivity contribution in [1.82, 2.24) is 0 Å². The molecule has 13 heavy (non-hydrogen) atoms. The molecule has 1 aliphatic rings. The summed E-state index contributed by atoms with van der Waals surface area (Å²) in [4.78, 5) is 0. The first-order valence-corrected chi connectivity index (χ1v) is 5.03. The Balaban J connectivity index is 2.38. The number of hydrogen-bond acceptors (Lipinski definition) is 0. The van der Waals surface area contributed by atoms with Crippen LogP contribution >= 0.6 is 0 Å². The van der Waals surface area contributed by atoms with E-state index in [0.29, 0.717) is 0 Å². The highest BCUT2D eigenvalue weighted by Crippen LogP contribution is 2.02. The number of allylic oxidation sites excluding steroid dienone is 8. The van der Waals surface area contributed by atoms with E-state index in [1.54, 1.807) is 0 Å². The molecule has 0 heterocycles. The van der Waals surface area contributed by atoms with Crippen molar-refractivity contribution in [2.75, 3.05) is 0 Å². The summed E-state index contributed by atoms with van der Waals surface area (Å²) in [6.45, 7) is 0. The maximum absolute atomic E-state index is 3.26. The molecule has 0 saturated carbocycles. The van der Waals surface area contributed by atoms with Crippen molar-refractivity contribution >= 4 is 0 Å². The SMILES string of the molecule is [C]1=C/CCCC/C=C/C=C\C=C\C/1. The van der Waals surface area contributed by atoms with Crippen LogP contribution in [0.4, 0.5) is 0 Å². The molecular weight excluding hydrogens is 156 g/mol. The second kappa shape index (κ2) is 7.60. The van der Waals surface area contributed by atoms with Crippen LogP contribution in [0.25, 0.3) is 0 Å². The zero-order valence-corrected chi connectivity index (χ0v) is 8.08. The van der Waals surface area contributed by atoms with Crippen LogP contribution in [-0.4, -0.2) is 0 Å². The molecule has 1 aliphatic carbocycles. The maximum atomic E-state index is 3.26. The van der Waals surface area contributed by atoms with Crippen LogP contribution in [0.1, 0.15) is 32.1 Å². The van der Waals surface area contributed by atoms with Gasteiger partial charge >= 0.3 is 0 Å². The summed E-state index contributed by atoms with van der Waals surface area (Å²) in [5.74, 6) is 0. The topological polar surface area (TPSA) is 0 Å². The van der Waals surface area contributed by atoms with E-state index in [2.05, 4.69) is 48.6 Å². The van der Waals surface area contributed by atoms with Gasteiger partial charge in [-0.2, -0.15) is 0 Å². The van der Waals surface area contributed by atoms with Gasteiger partial charge in [0, 0.05) is 0 Å². The van der Waals surface area contributed by atoms with Crippen molar-refractivity contribution < 1.29 is 0 Å². The molecule has 0 nitrogen and oxygen atoms in total. The highest BCUT2D eigenvalue weighted by Gasteiger charge is 1.83. The fourth-order valence-corrected chi connectivity index (χ4v) is 1.21. The van der Waals surface area contributed by atoms with Crippen molar-refractivity contribution in [2.24, 2.45) is 0 Å². The third-order valence-electron chi connectivity index (χ3n) is 1.95. The predicted octanol–water partition coefficient (Wildman–Crippen LogP) is 3.98. The summed E-state index contributed by atoms with van der Waals surface area (Å²) in [5.41, 5.74) is 0. The Kier molecular flexibility index (Phi) is 5.87. The van der Waals surface area contributed by atoms with Gasteiger partial charge in [-0.05, 0) is 38.2 Å². The first-order chi connectivity index (χ1) is 6.50. The van der Waals surface area contributed by atoms with Gasteiger partial charge in [0.25, 0.3) is 0 Å². The van der Waals surface area contributed by atoms with Crippen LogP contribution in [0.2, 0.25) is 0 Å². The summed E-state index contributed by atoms with van der Waals surface area (Å²) in [6, 6.07) is 0. The minimum absolute atomic E-state index is 0.939. The highest BCUT2D eigenvalue weighted by molar-refractivity contribution is 5.11. The standard InChI is InChI=1S/C13H17/c1-2-4-6-8-10-12-13-11-9-7-5-3-1/h1-6,12H,7-9,11,13H2/b2-1-,5-3+,6-4+,12-10?. The van der Waals surface area contributed by atoms with Crippen LogP contribution in [0.3, 0.4) is 0 Å². The van der Waals surface area contributed by atoms with E-state index in [0.717, 1.165) is 6.42 Å². The highest BCUT2D eigenvalue weighted by atomic mass is 13.9. The van der Waals surface area contributed by atoms with Crippen LogP contribution in [0, 0.1) is 6.08 Å². The average Bonchev–Trinajstić information content (AvgIpc) is 2.18. The van der Waals surface area contributed by atoms with Gasteiger partial charge in [-0.25, -0.2) is 0 Å². The zero-order chi connectivity index (χ0) is 9.19. The van der Waals surface area contributed by atoms with Crippen LogP contribution in [0.15, 0.2) is 42.5 Å². The largest absolute Gasteiger partial charge is 0.0845 e. The molecule has 0 unspecified atom stereocenters. The lowest BCUT2D eigenvalue weighted by Gasteiger charge is -1.91. The molecule has 1 radical (unpaired) electrons. The summed E-state index contributed by atoms with van der Waals surface area (Å²) >= 11 is 0. The van der Waals surface area contributed by atoms with E-state index in [1.807, 2.05) is 0 Å². The molecule has 0 aromatic heterocycles. The van der Waals surface area contributed by atoms with Crippen LogP contribution in [0.5, 0.6) is 0 Å². The Morgan fingerprint density at radius 3 is 2.46 bits per heavy atom. The Morgan fingerprint density at radius 1 is 0.769 bits per heavy atom. The van der Waals surface area contributed by atoms with Gasteiger partial charge in [0.05, 0.1) is 0 Å². The van der Waals surface area contributed by atoms with E-state index >= 15 is 0 Å². The molecule has 0 N–H and O–H groups in total. The van der Waals surface area contributed by atoms with E-state index in [1.165, 1.54) is 25.7 Å². The minimum atomic E-state index is 0.939. The molecule has 0 spiro atoms. The lowest BCUT2D eigenvalue weighted by Crippen LogP contribution is -1.72. The smallest absolute Gasteiger partial charge is 0.00948 e. The van der Waals surface area contributed by atoms with E-state index < -0.39 is 0 Å². The summed E-state index contributed by atoms with van der Waals surface area (Å²) in [6.07, 6.45) is 24.0. The molecule has 0 aromatic rings. The molecule has 69 valence electrons. The van der Waals surface area contributed by atoms with Crippen LogP contribution in [-0.2, 0) is 0 Å². The molecule has 0 aromatic carbocycles. The van der Waals surface area contributed by atoms with Crippen molar-refractivity contribution in [3.8, 4) is 0 Å². The van der Waals surface area contributed by atoms with Gasteiger partial charge < -0.3 is 0 Å². The normalized spacial score (nSPS) is 28.9. The Hall–Kier alpha value is -1.04. The molecule has 0 atom stereocenters. The number of hydrogen-bond donors (Lipinski definition) is 0. The van der Waals surface area contributed by atoms with Gasteiger partial charge in [-0.1, -0.05) is 42.5 Å². The van der Waals surface area contributed by atoms with Crippen molar-refractivity contribution in [3.63, 3.8) is 0 Å². The maximum Gasteiger partial charge on any atom is -0.00948 e. The Morgan fingerprint density at radius 2 is 1.54 bits per heavy atom. The van der Waals surface area contributed by atoms with Crippen molar-refractivity contribution in [1.29, 1.82) is 0 Å². The second-order valence-corrected chi connectivity index (χ2v) is 3.14. The fraction of sp³-hybridized carbons (Fsp3) is 0.385. The minimum Gasteiger partial charge on any atom is -0.0845 e. The molecule has 0 aliphatic heterocycles. The quantitative estimate of drug-likeness (QED) is 0.520. The Bertz CT molecular complexity index is 216. The molecule has 0 heteroatoms. The second-order valence-electron chi connectivity index (χ2n) is 3.14. The average molecular weight is 173 g/mol. The lowest BCUT2D eigenvalue weighted by molar-refractivity contribution is 0.760. The molecule has 0 saturated heterocycles. The molecule has 0 amide bonds. The van der Waals surface area contributed by atoms with Gasteiger partial charge in [0.2, 0.25) is 0 Å². The first-order valence-electron chi connectivity index (χ1n) is 5.03. The van der Waals surface area contributed by atoms with Crippen LogP contribution < -0.4 is 0 Å². The molecule has 1 rings (SSSR count). The first kappa shape index (κ1) is 10.0. The number of rotatable bonds is 0. The molecule has 0 bridgehead atoms. The van der Waals surface area contributed by atoms with E-state index in [-0.39, 0.29) is 0 Å². The zero-order valence-electron chi connectivity index (χ0n) is 8.08. The third-order valence-corrected chi connectivity index (χ3v) is 1.95. The predicted molar refractivity (Wildman–Crippen MR) is 58.3 cm³/mol. The van der Waals surface area contributed by atoms with Crippen molar-refractivity contribution in [3.05, 3.63) is 48.6 Å². The fourth-order valence-electron chi connectivity index (χ4n) is 1.21.